The van der Waals surface area contributed by atoms with Gasteiger partial charge >= 0.3 is 0 Å². The van der Waals surface area contributed by atoms with Gasteiger partial charge in [0.1, 0.15) is 0 Å². The predicted octanol–water partition coefficient (Wildman–Crippen LogP) is 2.22. The summed E-state index contributed by atoms with van der Waals surface area (Å²) in [4.78, 5) is 24.8. The molecule has 31 heavy (non-hydrogen) atoms. The molecule has 0 aromatic rings. The van der Waals surface area contributed by atoms with Crippen molar-refractivity contribution in [3.05, 3.63) is 0 Å². The Morgan fingerprint density at radius 1 is 1.06 bits per heavy atom. The Bertz CT molecular complexity index is 572. The average Bonchev–Trinajstić information content (AvgIpc) is 3.41. The Balaban J connectivity index is 0.00000341. The molecule has 1 saturated carbocycles. The minimum Gasteiger partial charge on any atom is -0.357 e. The Morgan fingerprint density at radius 3 is 2.35 bits per heavy atom. The first-order valence-electron chi connectivity index (χ1n) is 12.2. The molecule has 3 rings (SSSR count). The Labute approximate surface area is 206 Å². The minimum atomic E-state index is 0. The third-order valence-corrected chi connectivity index (χ3v) is 7.10. The molecule has 1 aliphatic carbocycles. The van der Waals surface area contributed by atoms with Crippen molar-refractivity contribution in [3.8, 4) is 0 Å². The van der Waals surface area contributed by atoms with Crippen LogP contribution in [0.4, 0.5) is 0 Å². The maximum atomic E-state index is 12.7. The number of aliphatic imine (C=N–C) groups is 1. The fraction of sp³-hybridized carbons (Fsp3) is 0.913. The molecule has 0 aromatic heterocycles. The van der Waals surface area contributed by atoms with Gasteiger partial charge in [-0.25, -0.2) is 0 Å². The zero-order valence-corrected chi connectivity index (χ0v) is 22.4. The van der Waals surface area contributed by atoms with Crippen LogP contribution in [0.2, 0.25) is 0 Å². The molecule has 2 atom stereocenters. The maximum absolute atomic E-state index is 12.7. The molecule has 0 spiro atoms. The smallest absolute Gasteiger partial charge is 0.225 e. The van der Waals surface area contributed by atoms with Crippen molar-refractivity contribution < 1.29 is 4.79 Å². The molecule has 0 bridgehead atoms. The third-order valence-electron chi connectivity index (χ3n) is 7.10. The lowest BCUT2D eigenvalue weighted by Gasteiger charge is -2.39. The number of amides is 1. The van der Waals surface area contributed by atoms with E-state index in [-0.39, 0.29) is 29.9 Å². The minimum absolute atomic E-state index is 0. The number of nitrogens with one attached hydrogen (secondary N) is 2. The number of likely N-dealkylation sites (tertiary alicyclic amines) is 1. The molecule has 2 aliphatic heterocycles. The van der Waals surface area contributed by atoms with Crippen LogP contribution in [-0.2, 0) is 4.79 Å². The number of piperazine rings is 1. The average molecular weight is 549 g/mol. The molecule has 0 radical (unpaired) electrons. The van der Waals surface area contributed by atoms with E-state index in [9.17, 15) is 4.79 Å². The van der Waals surface area contributed by atoms with Gasteiger partial charge in [0, 0.05) is 63.8 Å². The van der Waals surface area contributed by atoms with Crippen LogP contribution in [0.3, 0.4) is 0 Å². The highest BCUT2D eigenvalue weighted by Gasteiger charge is 2.32. The molecule has 7 nitrogen and oxygen atoms in total. The summed E-state index contributed by atoms with van der Waals surface area (Å²) in [5, 5.41) is 7.04. The molecule has 2 N–H and O–H groups in total. The molecule has 1 amide bonds. The molecule has 2 saturated heterocycles. The normalized spacial score (nSPS) is 25.0. The van der Waals surface area contributed by atoms with Crippen molar-refractivity contribution in [1.29, 1.82) is 0 Å². The second kappa shape index (κ2) is 13.2. The van der Waals surface area contributed by atoms with Gasteiger partial charge in [-0.15, -0.1) is 24.0 Å². The number of likely N-dealkylation sites (N-methyl/N-ethyl adjacent to an activating group) is 1. The van der Waals surface area contributed by atoms with E-state index in [0.29, 0.717) is 23.9 Å². The van der Waals surface area contributed by atoms with Crippen LogP contribution in [0.5, 0.6) is 0 Å². The number of guanidine groups is 1. The number of hydrogen-bond donors (Lipinski definition) is 2. The van der Waals surface area contributed by atoms with Crippen LogP contribution < -0.4 is 10.6 Å². The van der Waals surface area contributed by atoms with E-state index in [2.05, 4.69) is 53.2 Å². The van der Waals surface area contributed by atoms with Gasteiger partial charge in [0.2, 0.25) is 5.91 Å². The van der Waals surface area contributed by atoms with Crippen molar-refractivity contribution in [3.63, 3.8) is 0 Å². The lowest BCUT2D eigenvalue weighted by Crippen LogP contribution is -2.52. The van der Waals surface area contributed by atoms with Gasteiger partial charge in [-0.05, 0) is 39.2 Å². The zero-order valence-electron chi connectivity index (χ0n) is 20.1. The second-order valence-electron chi connectivity index (χ2n) is 9.77. The van der Waals surface area contributed by atoms with E-state index >= 15 is 0 Å². The summed E-state index contributed by atoms with van der Waals surface area (Å²) in [5.41, 5.74) is 0. The van der Waals surface area contributed by atoms with E-state index < -0.39 is 0 Å². The van der Waals surface area contributed by atoms with Gasteiger partial charge in [0.25, 0.3) is 0 Å². The zero-order chi connectivity index (χ0) is 21.5. The van der Waals surface area contributed by atoms with E-state index in [1.54, 1.807) is 0 Å². The molecule has 2 unspecified atom stereocenters. The fourth-order valence-electron chi connectivity index (χ4n) is 5.11. The maximum Gasteiger partial charge on any atom is 0.225 e. The molecular formula is C23H45IN6O. The van der Waals surface area contributed by atoms with Crippen LogP contribution >= 0.6 is 24.0 Å². The van der Waals surface area contributed by atoms with Gasteiger partial charge in [-0.2, -0.15) is 0 Å². The van der Waals surface area contributed by atoms with Crippen LogP contribution in [-0.4, -0.2) is 98.1 Å². The predicted molar refractivity (Wildman–Crippen MR) is 139 cm³/mol. The lowest BCUT2D eigenvalue weighted by molar-refractivity contribution is -0.134. The first-order valence-corrected chi connectivity index (χ1v) is 12.2. The highest BCUT2D eigenvalue weighted by Crippen LogP contribution is 2.27. The van der Waals surface area contributed by atoms with Crippen molar-refractivity contribution in [2.75, 3.05) is 59.4 Å². The third kappa shape index (κ3) is 7.74. The van der Waals surface area contributed by atoms with E-state index in [0.717, 1.165) is 77.6 Å². The van der Waals surface area contributed by atoms with Crippen LogP contribution in [0.15, 0.2) is 4.99 Å². The van der Waals surface area contributed by atoms with Crippen molar-refractivity contribution in [2.24, 2.45) is 16.8 Å². The summed E-state index contributed by atoms with van der Waals surface area (Å²) >= 11 is 0. The number of carbonyl (C=O) groups is 1. The molecular weight excluding hydrogens is 503 g/mol. The molecule has 0 aromatic carbocycles. The topological polar surface area (TPSA) is 63.2 Å². The summed E-state index contributed by atoms with van der Waals surface area (Å²) in [5.74, 6) is 2.14. The van der Waals surface area contributed by atoms with Crippen LogP contribution in [0.1, 0.15) is 52.9 Å². The summed E-state index contributed by atoms with van der Waals surface area (Å²) in [6.07, 6.45) is 5.61. The summed E-state index contributed by atoms with van der Waals surface area (Å²) in [6.45, 7) is 14.6. The lowest BCUT2D eigenvalue weighted by atomic mass is 10.0. The molecule has 3 fully saturated rings. The van der Waals surface area contributed by atoms with Gasteiger partial charge < -0.3 is 20.4 Å². The second-order valence-corrected chi connectivity index (χ2v) is 9.77. The van der Waals surface area contributed by atoms with Crippen molar-refractivity contribution in [2.45, 2.75) is 65.0 Å². The Morgan fingerprint density at radius 2 is 1.74 bits per heavy atom. The Kier molecular flexibility index (Phi) is 11.3. The number of nitrogens with zero attached hydrogens (tertiary/aromatic N) is 4. The monoisotopic (exact) mass is 548 g/mol. The molecule has 3 aliphatic rings. The van der Waals surface area contributed by atoms with Crippen LogP contribution in [0.25, 0.3) is 0 Å². The van der Waals surface area contributed by atoms with Gasteiger partial charge in [-0.3, -0.25) is 14.7 Å². The first kappa shape index (κ1) is 26.6. The number of hydrogen-bond acceptors (Lipinski definition) is 4. The standard InChI is InChI=1S/C23H44N6O.HI/c1-5-24-23(25-16-21(18(2)3)28-14-12-27(4)13-15-28)26-20-10-11-29(17-20)22(30)19-8-6-7-9-19;/h18-21H,5-17H2,1-4H3,(H2,24,25,26);1H. The van der Waals surface area contributed by atoms with E-state index in [1.807, 2.05) is 0 Å². The van der Waals surface area contributed by atoms with Gasteiger partial charge in [0.05, 0.1) is 6.54 Å². The molecule has 180 valence electrons. The highest BCUT2D eigenvalue weighted by atomic mass is 127. The van der Waals surface area contributed by atoms with Crippen molar-refractivity contribution >= 4 is 35.8 Å². The Hall–Kier alpha value is -0.610. The largest absolute Gasteiger partial charge is 0.357 e. The van der Waals surface area contributed by atoms with Crippen molar-refractivity contribution in [1.82, 2.24) is 25.3 Å². The molecule has 2 heterocycles. The van der Waals surface area contributed by atoms with Gasteiger partial charge in [0.15, 0.2) is 5.96 Å². The molecule has 8 heteroatoms. The van der Waals surface area contributed by atoms with Crippen LogP contribution in [0, 0.1) is 11.8 Å². The highest BCUT2D eigenvalue weighted by molar-refractivity contribution is 14.0. The summed E-state index contributed by atoms with van der Waals surface area (Å²) in [7, 11) is 2.20. The fourth-order valence-corrected chi connectivity index (χ4v) is 5.11. The van der Waals surface area contributed by atoms with E-state index in [1.165, 1.54) is 12.8 Å². The quantitative estimate of drug-likeness (QED) is 0.290. The van der Waals surface area contributed by atoms with E-state index in [4.69, 9.17) is 4.99 Å². The number of carbonyl (C=O) groups excluding carboxylic acids is 1. The summed E-state index contributed by atoms with van der Waals surface area (Å²) < 4.78 is 0. The number of halogens is 1. The first-order chi connectivity index (χ1) is 14.5. The summed E-state index contributed by atoms with van der Waals surface area (Å²) in [6, 6.07) is 0.771. The SMILES string of the molecule is CCNC(=NCC(C(C)C)N1CCN(C)CC1)NC1CCN(C(=O)C2CCCC2)C1.I. The number of rotatable bonds is 7. The van der Waals surface area contributed by atoms with Gasteiger partial charge in [-0.1, -0.05) is 26.7 Å².